The van der Waals surface area contributed by atoms with Crippen LogP contribution in [0.4, 0.5) is 0 Å². The second-order valence-electron chi connectivity index (χ2n) is 6.60. The highest BCUT2D eigenvalue weighted by Gasteiger charge is 2.23. The average Bonchev–Trinajstić information content (AvgIpc) is 3.05. The van der Waals surface area contributed by atoms with Gasteiger partial charge in [0.15, 0.2) is 0 Å². The van der Waals surface area contributed by atoms with Crippen LogP contribution >= 0.6 is 11.6 Å². The molecule has 140 valence electrons. The molecule has 1 aromatic heterocycles. The predicted molar refractivity (Wildman–Crippen MR) is 99.7 cm³/mol. The molecule has 26 heavy (non-hydrogen) atoms. The molecule has 0 saturated carbocycles. The van der Waals surface area contributed by atoms with Crippen LogP contribution in [0, 0.1) is 0 Å². The first-order valence-corrected chi connectivity index (χ1v) is 9.31. The summed E-state index contributed by atoms with van der Waals surface area (Å²) in [4.78, 5) is 13.2. The molecule has 1 unspecified atom stereocenters. The fraction of sp³-hybridized carbons (Fsp3) is 0.474. The molecule has 0 spiro atoms. The summed E-state index contributed by atoms with van der Waals surface area (Å²) in [6.07, 6.45) is 3.92. The maximum atomic E-state index is 10.8. The van der Waals surface area contributed by atoms with E-state index in [-0.39, 0.29) is 6.54 Å². The number of aromatic nitrogens is 2. The van der Waals surface area contributed by atoms with Crippen LogP contribution in [-0.4, -0.2) is 45.5 Å². The standard InChI is InChI=1S/C19H24ClN3O3/c1-2-26-18-6-5-14(10-16(18)20)11-22-8-3-4-15(12-22)17-7-9-23(21-17)13-19(24)25/h5-7,9-10,15H,2-4,8,11-13H2,1H3,(H,24,25). The van der Waals surface area contributed by atoms with Crippen LogP contribution in [0.3, 0.4) is 0 Å². The lowest BCUT2D eigenvalue weighted by Crippen LogP contribution is -2.34. The van der Waals surface area contributed by atoms with Gasteiger partial charge in [0.05, 0.1) is 17.3 Å². The maximum Gasteiger partial charge on any atom is 0.325 e. The SMILES string of the molecule is CCOc1ccc(CN2CCCC(c3ccn(CC(=O)O)n3)C2)cc1Cl. The molecule has 1 N–H and O–H groups in total. The molecule has 1 fully saturated rings. The number of carbonyl (C=O) groups is 1. The molecule has 0 bridgehead atoms. The van der Waals surface area contributed by atoms with Crippen molar-refractivity contribution in [2.45, 2.75) is 38.8 Å². The average molecular weight is 378 g/mol. The van der Waals surface area contributed by atoms with Crippen molar-refractivity contribution in [2.24, 2.45) is 0 Å². The molecule has 1 aromatic carbocycles. The molecule has 7 heteroatoms. The van der Waals surface area contributed by atoms with E-state index in [1.54, 1.807) is 6.20 Å². The monoisotopic (exact) mass is 377 g/mol. The van der Waals surface area contributed by atoms with Gasteiger partial charge in [-0.1, -0.05) is 17.7 Å². The number of ether oxygens (including phenoxy) is 1. The van der Waals surface area contributed by atoms with E-state index < -0.39 is 5.97 Å². The Morgan fingerprint density at radius 2 is 2.27 bits per heavy atom. The van der Waals surface area contributed by atoms with Gasteiger partial charge in [-0.25, -0.2) is 0 Å². The third kappa shape index (κ3) is 4.77. The highest BCUT2D eigenvalue weighted by Crippen LogP contribution is 2.29. The number of benzene rings is 1. The number of hydrogen-bond donors (Lipinski definition) is 1. The first-order chi connectivity index (χ1) is 12.5. The van der Waals surface area contributed by atoms with E-state index in [9.17, 15) is 4.79 Å². The molecule has 0 amide bonds. The lowest BCUT2D eigenvalue weighted by atomic mass is 9.94. The topological polar surface area (TPSA) is 67.6 Å². The second kappa shape index (κ2) is 8.56. The van der Waals surface area contributed by atoms with E-state index >= 15 is 0 Å². The van der Waals surface area contributed by atoms with Crippen LogP contribution in [0.5, 0.6) is 5.75 Å². The zero-order chi connectivity index (χ0) is 18.5. The van der Waals surface area contributed by atoms with Crippen molar-refractivity contribution in [3.8, 4) is 5.75 Å². The van der Waals surface area contributed by atoms with Crippen LogP contribution in [0.25, 0.3) is 0 Å². The van der Waals surface area contributed by atoms with Crippen molar-refractivity contribution in [1.29, 1.82) is 0 Å². The predicted octanol–water partition coefficient (Wildman–Crippen LogP) is 3.40. The third-order valence-electron chi connectivity index (χ3n) is 4.58. The lowest BCUT2D eigenvalue weighted by Gasteiger charge is -2.32. The number of nitrogens with zero attached hydrogens (tertiary/aromatic N) is 3. The van der Waals surface area contributed by atoms with E-state index in [0.29, 0.717) is 17.5 Å². The van der Waals surface area contributed by atoms with Crippen LogP contribution < -0.4 is 4.74 Å². The summed E-state index contributed by atoms with van der Waals surface area (Å²) < 4.78 is 6.98. The van der Waals surface area contributed by atoms with Crippen LogP contribution in [-0.2, 0) is 17.9 Å². The fourth-order valence-electron chi connectivity index (χ4n) is 3.44. The maximum absolute atomic E-state index is 10.8. The van der Waals surface area contributed by atoms with Gasteiger partial charge in [0.1, 0.15) is 12.3 Å². The largest absolute Gasteiger partial charge is 0.492 e. The van der Waals surface area contributed by atoms with Gasteiger partial charge < -0.3 is 9.84 Å². The molecule has 2 aromatic rings. The van der Waals surface area contributed by atoms with Gasteiger partial charge in [0.2, 0.25) is 0 Å². The summed E-state index contributed by atoms with van der Waals surface area (Å²) in [6.45, 7) is 5.23. The fourth-order valence-corrected chi connectivity index (χ4v) is 3.69. The Balaban J connectivity index is 1.62. The molecule has 2 heterocycles. The van der Waals surface area contributed by atoms with Crippen LogP contribution in [0.15, 0.2) is 30.5 Å². The zero-order valence-corrected chi connectivity index (χ0v) is 15.7. The quantitative estimate of drug-likeness (QED) is 0.801. The van der Waals surface area contributed by atoms with Crippen molar-refractivity contribution < 1.29 is 14.6 Å². The van der Waals surface area contributed by atoms with Crippen molar-refractivity contribution in [2.75, 3.05) is 19.7 Å². The highest BCUT2D eigenvalue weighted by molar-refractivity contribution is 6.32. The number of rotatable bonds is 7. The lowest BCUT2D eigenvalue weighted by molar-refractivity contribution is -0.137. The van der Waals surface area contributed by atoms with Gasteiger partial charge in [0, 0.05) is 25.2 Å². The minimum atomic E-state index is -0.878. The van der Waals surface area contributed by atoms with E-state index in [0.717, 1.165) is 49.5 Å². The Labute approximate surface area is 158 Å². The van der Waals surface area contributed by atoms with Gasteiger partial charge in [-0.3, -0.25) is 14.4 Å². The summed E-state index contributed by atoms with van der Waals surface area (Å²) >= 11 is 6.29. The summed E-state index contributed by atoms with van der Waals surface area (Å²) in [7, 11) is 0. The second-order valence-corrected chi connectivity index (χ2v) is 7.01. The minimum absolute atomic E-state index is 0.0961. The zero-order valence-electron chi connectivity index (χ0n) is 14.9. The molecule has 1 aliphatic rings. The normalized spacial score (nSPS) is 18.0. The Kier molecular flexibility index (Phi) is 6.16. The minimum Gasteiger partial charge on any atom is -0.492 e. The molecule has 1 atom stereocenters. The Hall–Kier alpha value is -2.05. The van der Waals surface area contributed by atoms with E-state index in [4.69, 9.17) is 21.4 Å². The molecule has 3 rings (SSSR count). The highest BCUT2D eigenvalue weighted by atomic mass is 35.5. The number of halogens is 1. The van der Waals surface area contributed by atoms with Gasteiger partial charge >= 0.3 is 5.97 Å². The third-order valence-corrected chi connectivity index (χ3v) is 4.88. The van der Waals surface area contributed by atoms with Crippen molar-refractivity contribution in [3.63, 3.8) is 0 Å². The van der Waals surface area contributed by atoms with Gasteiger partial charge in [-0.2, -0.15) is 5.10 Å². The van der Waals surface area contributed by atoms with Crippen molar-refractivity contribution in [3.05, 3.63) is 46.7 Å². The number of aliphatic carboxylic acids is 1. The van der Waals surface area contributed by atoms with Crippen molar-refractivity contribution in [1.82, 2.24) is 14.7 Å². The van der Waals surface area contributed by atoms with Crippen molar-refractivity contribution >= 4 is 17.6 Å². The summed E-state index contributed by atoms with van der Waals surface area (Å²) in [5.41, 5.74) is 2.14. The van der Waals surface area contributed by atoms with Crippen LogP contribution in [0.1, 0.15) is 36.9 Å². The number of piperidine rings is 1. The Morgan fingerprint density at radius 1 is 1.42 bits per heavy atom. The number of carboxylic acid groups (broad SMARTS) is 1. The molecular weight excluding hydrogens is 354 g/mol. The molecule has 6 nitrogen and oxygen atoms in total. The summed E-state index contributed by atoms with van der Waals surface area (Å²) in [5, 5.41) is 14.0. The molecular formula is C19H24ClN3O3. The summed E-state index contributed by atoms with van der Waals surface area (Å²) in [6, 6.07) is 7.89. The van der Waals surface area contributed by atoms with E-state index in [2.05, 4.69) is 16.1 Å². The summed E-state index contributed by atoms with van der Waals surface area (Å²) in [5.74, 6) is 0.174. The first kappa shape index (κ1) is 18.7. The number of likely N-dealkylation sites (tertiary alicyclic amines) is 1. The molecule has 1 aliphatic heterocycles. The van der Waals surface area contributed by atoms with Gasteiger partial charge in [-0.05, 0) is 50.1 Å². The Bertz CT molecular complexity index is 762. The number of hydrogen-bond acceptors (Lipinski definition) is 4. The van der Waals surface area contributed by atoms with E-state index in [1.165, 1.54) is 4.68 Å². The Morgan fingerprint density at radius 3 is 3.00 bits per heavy atom. The molecule has 1 saturated heterocycles. The molecule has 0 radical (unpaired) electrons. The molecule has 0 aliphatic carbocycles. The van der Waals surface area contributed by atoms with Gasteiger partial charge in [0.25, 0.3) is 0 Å². The van der Waals surface area contributed by atoms with Crippen LogP contribution in [0.2, 0.25) is 5.02 Å². The first-order valence-electron chi connectivity index (χ1n) is 8.94. The smallest absolute Gasteiger partial charge is 0.325 e. The van der Waals surface area contributed by atoms with Gasteiger partial charge in [-0.15, -0.1) is 0 Å². The number of carboxylic acids is 1. The van der Waals surface area contributed by atoms with E-state index in [1.807, 2.05) is 25.1 Å².